The number of nitrogens with zero attached hydrogens (tertiary/aromatic N) is 1. The lowest BCUT2D eigenvalue weighted by Gasteiger charge is -2.32. The van der Waals surface area contributed by atoms with Gasteiger partial charge in [-0.25, -0.2) is 0 Å². The normalized spacial score (nSPS) is 13.0. The van der Waals surface area contributed by atoms with Gasteiger partial charge in [-0.2, -0.15) is 0 Å². The molecule has 0 saturated carbocycles. The predicted octanol–water partition coefficient (Wildman–Crippen LogP) is 15.1. The molecule has 10 aromatic carbocycles. The molecule has 0 unspecified atom stereocenters. The van der Waals surface area contributed by atoms with Gasteiger partial charge in [0.2, 0.25) is 0 Å². The third-order valence-corrected chi connectivity index (χ3v) is 12.6. The topological polar surface area (TPSA) is 3.24 Å². The summed E-state index contributed by atoms with van der Waals surface area (Å²) >= 11 is 0. The van der Waals surface area contributed by atoms with E-state index in [1.165, 1.54) is 94.0 Å². The molecule has 10 aromatic rings. The van der Waals surface area contributed by atoms with Crippen LogP contribution in [0.25, 0.3) is 66.1 Å². The van der Waals surface area contributed by atoms with Crippen LogP contribution in [0.4, 0.5) is 17.1 Å². The zero-order valence-corrected chi connectivity index (χ0v) is 31.8. The van der Waals surface area contributed by atoms with E-state index in [-0.39, 0.29) is 0 Å². The average Bonchev–Trinajstić information content (AvgIpc) is 3.77. The lowest BCUT2D eigenvalue weighted by molar-refractivity contribution is 0.794. The second-order valence-electron chi connectivity index (χ2n) is 15.6. The highest BCUT2D eigenvalue weighted by molar-refractivity contribution is 6.02. The van der Waals surface area contributed by atoms with E-state index in [9.17, 15) is 0 Å². The minimum absolute atomic E-state index is 0.421. The molecule has 270 valence electrons. The molecule has 58 heavy (non-hydrogen) atoms. The first-order valence-electron chi connectivity index (χ1n) is 20.2. The molecule has 1 heteroatoms. The average molecular weight is 736 g/mol. The minimum Gasteiger partial charge on any atom is -0.310 e. The monoisotopic (exact) mass is 735 g/mol. The zero-order chi connectivity index (χ0) is 38.2. The SMILES string of the molecule is c1ccc(-c2ccc(N(c3ccc4ccc(-c5ccc6ccccc6c5)cc4c3)c3cccc4c3-c3ccccc3C43c4ccccc4-c4ccccc43)cc2)cc1. The molecule has 0 atom stereocenters. The van der Waals surface area contributed by atoms with Gasteiger partial charge < -0.3 is 4.90 Å². The van der Waals surface area contributed by atoms with Crippen molar-refractivity contribution in [3.05, 3.63) is 247 Å². The van der Waals surface area contributed by atoms with Crippen molar-refractivity contribution < 1.29 is 0 Å². The summed E-state index contributed by atoms with van der Waals surface area (Å²) in [5.74, 6) is 0. The third-order valence-electron chi connectivity index (χ3n) is 12.6. The minimum atomic E-state index is -0.421. The molecular formula is C57H37N. The van der Waals surface area contributed by atoms with Crippen LogP contribution in [0.2, 0.25) is 0 Å². The van der Waals surface area contributed by atoms with Crippen molar-refractivity contribution in [3.8, 4) is 44.5 Å². The number of fused-ring (bicyclic) bond motifs is 12. The maximum Gasteiger partial charge on any atom is 0.0726 e. The van der Waals surface area contributed by atoms with Gasteiger partial charge in [0.1, 0.15) is 0 Å². The Labute approximate surface area is 338 Å². The highest BCUT2D eigenvalue weighted by Gasteiger charge is 2.52. The second-order valence-corrected chi connectivity index (χ2v) is 15.6. The van der Waals surface area contributed by atoms with E-state index in [4.69, 9.17) is 0 Å². The molecule has 2 aliphatic rings. The van der Waals surface area contributed by atoms with Crippen molar-refractivity contribution in [2.24, 2.45) is 0 Å². The molecule has 0 fully saturated rings. The van der Waals surface area contributed by atoms with E-state index in [2.05, 4.69) is 229 Å². The van der Waals surface area contributed by atoms with Gasteiger partial charge in [0.25, 0.3) is 0 Å². The fraction of sp³-hybridized carbons (Fsp3) is 0.0175. The summed E-state index contributed by atoms with van der Waals surface area (Å²) in [4.78, 5) is 2.48. The molecule has 0 aromatic heterocycles. The first-order valence-corrected chi connectivity index (χ1v) is 20.2. The molecule has 0 heterocycles. The molecule has 0 amide bonds. The molecule has 1 nitrogen and oxygen atoms in total. The van der Waals surface area contributed by atoms with E-state index >= 15 is 0 Å². The zero-order valence-electron chi connectivity index (χ0n) is 31.8. The molecule has 1 spiro atoms. The van der Waals surface area contributed by atoms with Crippen molar-refractivity contribution in [1.29, 1.82) is 0 Å². The highest BCUT2D eigenvalue weighted by Crippen LogP contribution is 2.64. The Hall–Kier alpha value is -7.48. The third kappa shape index (κ3) is 4.77. The van der Waals surface area contributed by atoms with Gasteiger partial charge in [0.15, 0.2) is 0 Å². The lowest BCUT2D eigenvalue weighted by atomic mass is 9.70. The lowest BCUT2D eigenvalue weighted by Crippen LogP contribution is -2.26. The van der Waals surface area contributed by atoms with Crippen molar-refractivity contribution >= 4 is 38.6 Å². The first kappa shape index (κ1) is 32.7. The summed E-state index contributed by atoms with van der Waals surface area (Å²) in [7, 11) is 0. The summed E-state index contributed by atoms with van der Waals surface area (Å²) in [6, 6.07) is 83.1. The standard InChI is InChI=1S/C57H37N/c1-2-13-38(14-3-1)40-29-32-46(33-30-40)58(47-34-31-41-26-28-44(36-45(41)37-47)43-27-25-39-15-4-5-16-42(39)35-43)55-24-12-23-54-56(55)50-19-8-11-22-53(50)57(54)51-20-9-6-17-48(51)49-18-7-10-21-52(49)57/h1-37H. The fourth-order valence-electron chi connectivity index (χ4n) is 10.1. The molecular weight excluding hydrogens is 699 g/mol. The van der Waals surface area contributed by atoms with E-state index in [0.717, 1.165) is 11.4 Å². The number of hydrogen-bond acceptors (Lipinski definition) is 1. The fourth-order valence-corrected chi connectivity index (χ4v) is 10.1. The molecule has 12 rings (SSSR count). The van der Waals surface area contributed by atoms with E-state index < -0.39 is 5.41 Å². The van der Waals surface area contributed by atoms with Gasteiger partial charge >= 0.3 is 0 Å². The van der Waals surface area contributed by atoms with Crippen molar-refractivity contribution in [1.82, 2.24) is 0 Å². The number of rotatable bonds is 5. The second kappa shape index (κ2) is 12.8. The van der Waals surface area contributed by atoms with Gasteiger partial charge in [0.05, 0.1) is 11.1 Å². The van der Waals surface area contributed by atoms with Gasteiger partial charge in [-0.15, -0.1) is 0 Å². The van der Waals surface area contributed by atoms with Crippen LogP contribution in [0.3, 0.4) is 0 Å². The summed E-state index contributed by atoms with van der Waals surface area (Å²) in [5.41, 5.74) is 18.4. The van der Waals surface area contributed by atoms with Crippen molar-refractivity contribution in [2.75, 3.05) is 4.90 Å². The molecule has 0 saturated heterocycles. The van der Waals surface area contributed by atoms with Crippen LogP contribution in [0.1, 0.15) is 22.3 Å². The summed E-state index contributed by atoms with van der Waals surface area (Å²) in [6.45, 7) is 0. The van der Waals surface area contributed by atoms with Gasteiger partial charge in [-0.3, -0.25) is 0 Å². The molecule has 0 radical (unpaired) electrons. The van der Waals surface area contributed by atoms with Crippen LogP contribution in [-0.4, -0.2) is 0 Å². The van der Waals surface area contributed by atoms with Crippen LogP contribution in [-0.2, 0) is 5.41 Å². The van der Waals surface area contributed by atoms with E-state index in [1.807, 2.05) is 0 Å². The Morgan fingerprint density at radius 1 is 0.276 bits per heavy atom. The Morgan fingerprint density at radius 2 is 0.759 bits per heavy atom. The summed E-state index contributed by atoms with van der Waals surface area (Å²) in [5, 5.41) is 4.93. The quantitative estimate of drug-likeness (QED) is 0.170. The van der Waals surface area contributed by atoms with E-state index in [0.29, 0.717) is 0 Å². The van der Waals surface area contributed by atoms with Crippen LogP contribution >= 0.6 is 0 Å². The van der Waals surface area contributed by atoms with Crippen molar-refractivity contribution in [2.45, 2.75) is 5.41 Å². The first-order chi connectivity index (χ1) is 28.8. The highest BCUT2D eigenvalue weighted by atomic mass is 15.1. The van der Waals surface area contributed by atoms with Gasteiger partial charge in [-0.05, 0) is 125 Å². The number of benzene rings is 10. The van der Waals surface area contributed by atoms with Gasteiger partial charge in [0, 0.05) is 16.9 Å². The molecule has 2 aliphatic carbocycles. The van der Waals surface area contributed by atoms with Crippen LogP contribution < -0.4 is 4.90 Å². The Bertz CT molecular complexity index is 3180. The number of anilines is 3. The largest absolute Gasteiger partial charge is 0.310 e. The molecule has 0 N–H and O–H groups in total. The summed E-state index contributed by atoms with van der Waals surface area (Å²) in [6.07, 6.45) is 0. The Balaban J connectivity index is 1.09. The molecule has 0 bridgehead atoms. The van der Waals surface area contributed by atoms with Crippen LogP contribution in [0, 0.1) is 0 Å². The maximum absolute atomic E-state index is 2.48. The van der Waals surface area contributed by atoms with Crippen LogP contribution in [0.15, 0.2) is 224 Å². The van der Waals surface area contributed by atoms with Crippen LogP contribution in [0.5, 0.6) is 0 Å². The number of hydrogen-bond donors (Lipinski definition) is 0. The van der Waals surface area contributed by atoms with E-state index in [1.54, 1.807) is 0 Å². The van der Waals surface area contributed by atoms with Gasteiger partial charge in [-0.1, -0.05) is 182 Å². The Morgan fingerprint density at radius 3 is 1.47 bits per heavy atom. The van der Waals surface area contributed by atoms with Crippen molar-refractivity contribution in [3.63, 3.8) is 0 Å². The summed E-state index contributed by atoms with van der Waals surface area (Å²) < 4.78 is 0. The predicted molar refractivity (Wildman–Crippen MR) is 243 cm³/mol. The molecule has 0 aliphatic heterocycles. The Kier molecular flexibility index (Phi) is 7.21. The smallest absolute Gasteiger partial charge is 0.0726 e. The maximum atomic E-state index is 2.48.